The minimum atomic E-state index is -1.06. The van der Waals surface area contributed by atoms with Crippen molar-refractivity contribution in [2.24, 2.45) is 0 Å². The molecule has 1 aliphatic carbocycles. The fourth-order valence-electron chi connectivity index (χ4n) is 3.82. The van der Waals surface area contributed by atoms with Gasteiger partial charge in [0, 0.05) is 12.1 Å². The van der Waals surface area contributed by atoms with E-state index in [1.807, 2.05) is 4.57 Å². The van der Waals surface area contributed by atoms with Crippen LogP contribution in [0.1, 0.15) is 42.1 Å². The molecule has 138 valence electrons. The average molecular weight is 367 g/mol. The molecule has 2 aromatic carbocycles. The molecule has 1 saturated carbocycles. The summed E-state index contributed by atoms with van der Waals surface area (Å²) in [6, 6.07) is 8.67. The Balaban J connectivity index is 2.02. The number of hydrogen-bond acceptors (Lipinski definition) is 5. The maximum Gasteiger partial charge on any atom is 0.335 e. The first-order valence-electron chi connectivity index (χ1n) is 8.69. The molecule has 0 aliphatic heterocycles. The first-order valence-corrected chi connectivity index (χ1v) is 8.69. The van der Waals surface area contributed by atoms with E-state index >= 15 is 0 Å². The van der Waals surface area contributed by atoms with Crippen molar-refractivity contribution in [3.05, 3.63) is 52.1 Å². The monoisotopic (exact) mass is 367 g/mol. The zero-order valence-corrected chi connectivity index (χ0v) is 14.3. The molecular weight excluding hydrogens is 350 g/mol. The number of nitro benzene ring substituents is 1. The van der Waals surface area contributed by atoms with Gasteiger partial charge in [-0.15, -0.1) is 0 Å². The van der Waals surface area contributed by atoms with Crippen LogP contribution in [0.2, 0.25) is 0 Å². The second-order valence-electron chi connectivity index (χ2n) is 6.71. The molecule has 0 unspecified atom stereocenters. The molecule has 0 radical (unpaired) electrons. The molecule has 0 spiro atoms. The van der Waals surface area contributed by atoms with Crippen molar-refractivity contribution >= 4 is 22.7 Å². The Kier molecular flexibility index (Phi) is 4.02. The quantitative estimate of drug-likeness (QED) is 0.529. The van der Waals surface area contributed by atoms with Crippen molar-refractivity contribution in [1.82, 2.24) is 9.55 Å². The highest BCUT2D eigenvalue weighted by molar-refractivity contribution is 5.93. The average Bonchev–Trinajstić information content (AvgIpc) is 3.27. The van der Waals surface area contributed by atoms with Gasteiger partial charge in [-0.05, 0) is 43.2 Å². The summed E-state index contributed by atoms with van der Waals surface area (Å²) in [6.45, 7) is 0. The fourth-order valence-corrected chi connectivity index (χ4v) is 3.82. The van der Waals surface area contributed by atoms with Crippen LogP contribution in [0, 0.1) is 10.1 Å². The Bertz CT molecular complexity index is 1070. The number of carboxylic acids is 1. The molecule has 4 rings (SSSR count). The molecule has 1 fully saturated rings. The van der Waals surface area contributed by atoms with Gasteiger partial charge in [0.15, 0.2) is 0 Å². The number of imidazole rings is 1. The summed E-state index contributed by atoms with van der Waals surface area (Å²) in [6.07, 6.45) is 3.95. The van der Waals surface area contributed by atoms with E-state index < -0.39 is 10.9 Å². The van der Waals surface area contributed by atoms with Crippen molar-refractivity contribution in [3.8, 4) is 17.1 Å². The second kappa shape index (κ2) is 6.39. The third kappa shape index (κ3) is 2.88. The van der Waals surface area contributed by atoms with Crippen molar-refractivity contribution in [2.75, 3.05) is 0 Å². The van der Waals surface area contributed by atoms with Crippen LogP contribution < -0.4 is 0 Å². The fraction of sp³-hybridized carbons (Fsp3) is 0.263. The molecule has 1 aromatic heterocycles. The summed E-state index contributed by atoms with van der Waals surface area (Å²) < 4.78 is 1.95. The summed E-state index contributed by atoms with van der Waals surface area (Å²) in [7, 11) is 0. The van der Waals surface area contributed by atoms with Gasteiger partial charge in [0.25, 0.3) is 5.69 Å². The molecule has 1 heterocycles. The molecular formula is C19H17N3O5. The van der Waals surface area contributed by atoms with E-state index in [2.05, 4.69) is 4.98 Å². The van der Waals surface area contributed by atoms with Crippen LogP contribution in [-0.4, -0.2) is 30.7 Å². The van der Waals surface area contributed by atoms with E-state index in [0.29, 0.717) is 11.3 Å². The minimum absolute atomic E-state index is 0.0909. The van der Waals surface area contributed by atoms with Gasteiger partial charge < -0.3 is 14.8 Å². The SMILES string of the molecule is O=C(O)c1ccc2c(c1)nc(-c1cc(O)ccc1[N+](=O)[O-])n2C1CCCC1. The van der Waals surface area contributed by atoms with Gasteiger partial charge in [0.2, 0.25) is 0 Å². The topological polar surface area (TPSA) is 118 Å². The third-order valence-electron chi connectivity index (χ3n) is 5.04. The number of aromatic hydroxyl groups is 1. The van der Waals surface area contributed by atoms with Crippen molar-refractivity contribution in [1.29, 1.82) is 0 Å². The van der Waals surface area contributed by atoms with E-state index in [-0.39, 0.29) is 28.6 Å². The highest BCUT2D eigenvalue weighted by Gasteiger charge is 2.27. The maximum absolute atomic E-state index is 11.5. The molecule has 3 aromatic rings. The van der Waals surface area contributed by atoms with E-state index in [4.69, 9.17) is 0 Å². The predicted octanol–water partition coefficient (Wildman–Crippen LogP) is 4.13. The normalized spacial score (nSPS) is 14.7. The standard InChI is InChI=1S/C19H17N3O5/c23-13-6-8-16(22(26)27)14(10-13)18-20-15-9-11(19(24)25)5-7-17(15)21(18)12-3-1-2-4-12/h5-10,12,23H,1-4H2,(H,24,25). The summed E-state index contributed by atoms with van der Waals surface area (Å²) >= 11 is 0. The number of hydrogen-bond donors (Lipinski definition) is 2. The van der Waals surface area contributed by atoms with Gasteiger partial charge in [-0.1, -0.05) is 12.8 Å². The number of nitrogens with zero attached hydrogens (tertiary/aromatic N) is 3. The number of phenolic OH excluding ortho intramolecular Hbond substituents is 1. The summed E-state index contributed by atoms with van der Waals surface area (Å²) in [4.78, 5) is 26.8. The van der Waals surface area contributed by atoms with E-state index in [1.165, 1.54) is 30.3 Å². The van der Waals surface area contributed by atoms with E-state index in [1.54, 1.807) is 6.07 Å². The van der Waals surface area contributed by atoms with Crippen LogP contribution in [-0.2, 0) is 0 Å². The Morgan fingerprint density at radius 2 is 1.93 bits per heavy atom. The van der Waals surface area contributed by atoms with Crippen LogP contribution >= 0.6 is 0 Å². The smallest absolute Gasteiger partial charge is 0.335 e. The Hall–Kier alpha value is -3.42. The third-order valence-corrected chi connectivity index (χ3v) is 5.04. The first-order chi connectivity index (χ1) is 13.0. The summed E-state index contributed by atoms with van der Waals surface area (Å²) in [5, 5.41) is 30.6. The molecule has 8 heteroatoms. The zero-order valence-electron chi connectivity index (χ0n) is 14.3. The van der Waals surface area contributed by atoms with Crippen LogP contribution in [0.25, 0.3) is 22.4 Å². The number of carbonyl (C=O) groups is 1. The number of carboxylic acid groups (broad SMARTS) is 1. The zero-order chi connectivity index (χ0) is 19.1. The number of aromatic nitrogens is 2. The number of rotatable bonds is 4. The van der Waals surface area contributed by atoms with Gasteiger partial charge in [-0.25, -0.2) is 9.78 Å². The van der Waals surface area contributed by atoms with Gasteiger partial charge in [-0.2, -0.15) is 0 Å². The molecule has 27 heavy (non-hydrogen) atoms. The van der Waals surface area contributed by atoms with Crippen molar-refractivity contribution in [2.45, 2.75) is 31.7 Å². The van der Waals surface area contributed by atoms with Crippen LogP contribution in [0.3, 0.4) is 0 Å². The highest BCUT2D eigenvalue weighted by Crippen LogP contribution is 2.40. The second-order valence-corrected chi connectivity index (χ2v) is 6.71. The highest BCUT2D eigenvalue weighted by atomic mass is 16.6. The van der Waals surface area contributed by atoms with E-state index in [0.717, 1.165) is 31.2 Å². The number of benzene rings is 2. The molecule has 1 aliphatic rings. The van der Waals surface area contributed by atoms with Gasteiger partial charge >= 0.3 is 5.97 Å². The summed E-state index contributed by atoms with van der Waals surface area (Å²) in [5.41, 5.74) is 1.38. The Labute approximate surface area is 153 Å². The van der Waals surface area contributed by atoms with Gasteiger partial charge in [-0.3, -0.25) is 10.1 Å². The number of fused-ring (bicyclic) bond motifs is 1. The molecule has 0 saturated heterocycles. The molecule has 2 N–H and O–H groups in total. The Morgan fingerprint density at radius 1 is 1.19 bits per heavy atom. The predicted molar refractivity (Wildman–Crippen MR) is 98.0 cm³/mol. The molecule has 0 amide bonds. The number of phenols is 1. The maximum atomic E-state index is 11.5. The van der Waals surface area contributed by atoms with Gasteiger partial charge in [0.05, 0.1) is 27.1 Å². The van der Waals surface area contributed by atoms with Crippen LogP contribution in [0.4, 0.5) is 5.69 Å². The number of aromatic carboxylic acids is 1. The van der Waals surface area contributed by atoms with Crippen molar-refractivity contribution < 1.29 is 19.9 Å². The van der Waals surface area contributed by atoms with Gasteiger partial charge in [0.1, 0.15) is 11.6 Å². The van der Waals surface area contributed by atoms with Crippen LogP contribution in [0.5, 0.6) is 5.75 Å². The summed E-state index contributed by atoms with van der Waals surface area (Å²) in [5.74, 6) is -0.772. The van der Waals surface area contributed by atoms with Crippen LogP contribution in [0.15, 0.2) is 36.4 Å². The van der Waals surface area contributed by atoms with Crippen molar-refractivity contribution in [3.63, 3.8) is 0 Å². The lowest BCUT2D eigenvalue weighted by atomic mass is 10.1. The lowest BCUT2D eigenvalue weighted by Gasteiger charge is -2.16. The lowest BCUT2D eigenvalue weighted by Crippen LogP contribution is -2.07. The molecule has 8 nitrogen and oxygen atoms in total. The first kappa shape index (κ1) is 17.0. The molecule has 0 atom stereocenters. The number of nitro groups is 1. The Morgan fingerprint density at radius 3 is 2.59 bits per heavy atom. The largest absolute Gasteiger partial charge is 0.508 e. The van der Waals surface area contributed by atoms with E-state index in [9.17, 15) is 25.1 Å². The lowest BCUT2D eigenvalue weighted by molar-refractivity contribution is -0.384. The minimum Gasteiger partial charge on any atom is -0.508 e. The molecule has 0 bridgehead atoms.